The summed E-state index contributed by atoms with van der Waals surface area (Å²) in [5, 5.41) is 3.44. The van der Waals surface area contributed by atoms with Crippen molar-refractivity contribution in [1.82, 2.24) is 9.99 Å². The monoisotopic (exact) mass is 454 g/mol. The van der Waals surface area contributed by atoms with Gasteiger partial charge < -0.3 is 21.2 Å². The van der Waals surface area contributed by atoms with Crippen LogP contribution in [0.15, 0.2) is 59.5 Å². The molecular weight excluding hydrogens is 428 g/mol. The van der Waals surface area contributed by atoms with Crippen LogP contribution in [0.5, 0.6) is 5.75 Å². The lowest BCUT2D eigenvalue weighted by Gasteiger charge is -2.14. The molecule has 1 aromatic heterocycles. The number of aryl methyl sites for hydroxylation is 1. The average Bonchev–Trinajstić information content (AvgIpc) is 2.80. The standard InChI is InChI=1S/C24H27ClN4O3/c1-16-8-9-29(28-14-17-4-3-5-21(10-17)32-2)24(31)22(16)12-23(30)27-15-19-11-20(25)7-6-18(19)13-26/h3-11,28H,12-15,26H2,1-2H3,(H,27,30). The van der Waals surface area contributed by atoms with E-state index in [0.29, 0.717) is 30.2 Å². The van der Waals surface area contributed by atoms with Crippen LogP contribution in [0.4, 0.5) is 0 Å². The van der Waals surface area contributed by atoms with Gasteiger partial charge in [0.2, 0.25) is 5.91 Å². The van der Waals surface area contributed by atoms with E-state index in [-0.39, 0.29) is 17.9 Å². The maximum atomic E-state index is 13.0. The van der Waals surface area contributed by atoms with Crippen LogP contribution in [-0.2, 0) is 30.8 Å². The predicted molar refractivity (Wildman–Crippen MR) is 126 cm³/mol. The van der Waals surface area contributed by atoms with Gasteiger partial charge in [-0.1, -0.05) is 29.8 Å². The number of carbonyl (C=O) groups is 1. The molecule has 0 saturated carbocycles. The fraction of sp³-hybridized carbons (Fsp3) is 0.250. The van der Waals surface area contributed by atoms with Crippen molar-refractivity contribution in [1.29, 1.82) is 0 Å². The smallest absolute Gasteiger partial charge is 0.272 e. The van der Waals surface area contributed by atoms with Gasteiger partial charge in [-0.25, -0.2) is 4.68 Å². The lowest BCUT2D eigenvalue weighted by molar-refractivity contribution is -0.120. The van der Waals surface area contributed by atoms with Crippen LogP contribution < -0.4 is 26.8 Å². The third kappa shape index (κ3) is 5.90. The van der Waals surface area contributed by atoms with Gasteiger partial charge in [-0.05, 0) is 59.5 Å². The summed E-state index contributed by atoms with van der Waals surface area (Å²) >= 11 is 6.06. The molecule has 2 aromatic carbocycles. The second kappa shape index (κ2) is 10.8. The highest BCUT2D eigenvalue weighted by Crippen LogP contribution is 2.16. The highest BCUT2D eigenvalue weighted by Gasteiger charge is 2.13. The lowest BCUT2D eigenvalue weighted by atomic mass is 10.1. The molecule has 4 N–H and O–H groups in total. The van der Waals surface area contributed by atoms with Gasteiger partial charge in [0.05, 0.1) is 20.1 Å². The molecule has 0 aliphatic rings. The molecule has 0 fully saturated rings. The zero-order valence-corrected chi connectivity index (χ0v) is 18.9. The van der Waals surface area contributed by atoms with Crippen molar-refractivity contribution in [3.63, 3.8) is 0 Å². The van der Waals surface area contributed by atoms with Gasteiger partial charge in [0.15, 0.2) is 0 Å². The van der Waals surface area contributed by atoms with E-state index in [1.165, 1.54) is 4.68 Å². The van der Waals surface area contributed by atoms with E-state index in [4.69, 9.17) is 22.1 Å². The van der Waals surface area contributed by atoms with Crippen LogP contribution in [0.1, 0.15) is 27.8 Å². The Morgan fingerprint density at radius 1 is 1.12 bits per heavy atom. The molecule has 1 heterocycles. The zero-order chi connectivity index (χ0) is 23.1. The van der Waals surface area contributed by atoms with Gasteiger partial charge in [-0.3, -0.25) is 9.59 Å². The van der Waals surface area contributed by atoms with Crippen LogP contribution in [0, 0.1) is 6.92 Å². The number of rotatable bonds is 9. The van der Waals surface area contributed by atoms with Crippen molar-refractivity contribution >= 4 is 17.5 Å². The molecule has 3 aromatic rings. The first-order valence-electron chi connectivity index (χ1n) is 10.2. The van der Waals surface area contributed by atoms with Crippen molar-refractivity contribution in [3.05, 3.63) is 97.9 Å². The molecule has 0 spiro atoms. The third-order valence-electron chi connectivity index (χ3n) is 5.22. The molecule has 168 valence electrons. The van der Waals surface area contributed by atoms with E-state index in [2.05, 4.69) is 10.7 Å². The number of methoxy groups -OCH3 is 1. The number of hydrogen-bond donors (Lipinski definition) is 3. The number of benzene rings is 2. The molecule has 0 saturated heterocycles. The Bertz CT molecular complexity index is 1160. The maximum Gasteiger partial charge on any atom is 0.272 e. The Morgan fingerprint density at radius 3 is 2.69 bits per heavy atom. The van der Waals surface area contributed by atoms with E-state index in [1.807, 2.05) is 43.3 Å². The van der Waals surface area contributed by atoms with Crippen molar-refractivity contribution in [2.45, 2.75) is 33.0 Å². The Balaban J connectivity index is 1.68. The van der Waals surface area contributed by atoms with Gasteiger partial charge in [-0.2, -0.15) is 0 Å². The first kappa shape index (κ1) is 23.4. The minimum Gasteiger partial charge on any atom is -0.497 e. The molecule has 32 heavy (non-hydrogen) atoms. The lowest BCUT2D eigenvalue weighted by Crippen LogP contribution is -2.34. The maximum absolute atomic E-state index is 13.0. The molecule has 1 amide bonds. The SMILES string of the molecule is COc1cccc(CNn2ccc(C)c(CC(=O)NCc3cc(Cl)ccc3CN)c2=O)c1. The number of aromatic nitrogens is 1. The van der Waals surface area contributed by atoms with Crippen molar-refractivity contribution in [3.8, 4) is 5.75 Å². The first-order chi connectivity index (χ1) is 15.4. The second-order valence-corrected chi connectivity index (χ2v) is 7.85. The first-order valence-corrected chi connectivity index (χ1v) is 10.6. The third-order valence-corrected chi connectivity index (χ3v) is 5.45. The van der Waals surface area contributed by atoms with Gasteiger partial charge in [0.1, 0.15) is 5.75 Å². The van der Waals surface area contributed by atoms with Gasteiger partial charge in [-0.15, -0.1) is 0 Å². The fourth-order valence-corrected chi connectivity index (χ4v) is 3.54. The van der Waals surface area contributed by atoms with E-state index in [1.54, 1.807) is 25.4 Å². The number of carbonyl (C=O) groups excluding carboxylic acids is 1. The number of amides is 1. The summed E-state index contributed by atoms with van der Waals surface area (Å²) < 4.78 is 6.63. The number of pyridine rings is 1. The summed E-state index contributed by atoms with van der Waals surface area (Å²) in [4.78, 5) is 25.5. The normalized spacial score (nSPS) is 10.6. The van der Waals surface area contributed by atoms with E-state index >= 15 is 0 Å². The van der Waals surface area contributed by atoms with Gasteiger partial charge in [0.25, 0.3) is 5.56 Å². The molecule has 0 aliphatic heterocycles. The molecule has 0 unspecified atom stereocenters. The Hall–Kier alpha value is -3.29. The Kier molecular flexibility index (Phi) is 7.92. The quantitative estimate of drug-likeness (QED) is 0.462. The largest absolute Gasteiger partial charge is 0.497 e. The van der Waals surface area contributed by atoms with Crippen LogP contribution in [0.3, 0.4) is 0 Å². The zero-order valence-electron chi connectivity index (χ0n) is 18.2. The Morgan fingerprint density at radius 2 is 1.94 bits per heavy atom. The van der Waals surface area contributed by atoms with E-state index in [9.17, 15) is 9.59 Å². The number of nitrogens with two attached hydrogens (primary N) is 1. The number of halogens is 1. The Labute approximate surface area is 192 Å². The second-order valence-electron chi connectivity index (χ2n) is 7.41. The molecule has 0 aliphatic carbocycles. The van der Waals surface area contributed by atoms with Crippen molar-refractivity contribution < 1.29 is 9.53 Å². The van der Waals surface area contributed by atoms with Crippen LogP contribution >= 0.6 is 11.6 Å². The number of ether oxygens (including phenoxy) is 1. The minimum atomic E-state index is -0.256. The molecule has 3 rings (SSSR count). The summed E-state index contributed by atoms with van der Waals surface area (Å²) in [5.74, 6) is 0.495. The number of nitrogens with zero attached hydrogens (tertiary/aromatic N) is 1. The molecule has 7 nitrogen and oxygen atoms in total. The summed E-state index contributed by atoms with van der Waals surface area (Å²) in [6, 6.07) is 14.8. The van der Waals surface area contributed by atoms with Gasteiger partial charge in [0, 0.05) is 29.9 Å². The summed E-state index contributed by atoms with van der Waals surface area (Å²) in [6.45, 7) is 2.90. The number of hydrogen-bond acceptors (Lipinski definition) is 5. The van der Waals surface area contributed by atoms with Crippen molar-refractivity contribution in [2.24, 2.45) is 5.73 Å². The molecule has 0 radical (unpaired) electrons. The van der Waals surface area contributed by atoms with Gasteiger partial charge >= 0.3 is 0 Å². The summed E-state index contributed by atoms with van der Waals surface area (Å²) in [6.07, 6.45) is 1.64. The number of nitrogens with one attached hydrogen (secondary N) is 2. The van der Waals surface area contributed by atoms with Crippen LogP contribution in [0.2, 0.25) is 5.02 Å². The highest BCUT2D eigenvalue weighted by atomic mass is 35.5. The fourth-order valence-electron chi connectivity index (χ4n) is 3.34. The molecule has 0 atom stereocenters. The molecule has 8 heteroatoms. The van der Waals surface area contributed by atoms with E-state index in [0.717, 1.165) is 28.0 Å². The van der Waals surface area contributed by atoms with Crippen molar-refractivity contribution in [2.75, 3.05) is 12.5 Å². The predicted octanol–water partition coefficient (Wildman–Crippen LogP) is 2.88. The highest BCUT2D eigenvalue weighted by molar-refractivity contribution is 6.30. The van der Waals surface area contributed by atoms with Crippen LogP contribution in [0.25, 0.3) is 0 Å². The molecular formula is C24H27ClN4O3. The average molecular weight is 455 g/mol. The minimum absolute atomic E-state index is 0.0229. The molecule has 0 bridgehead atoms. The van der Waals surface area contributed by atoms with Crippen LogP contribution in [-0.4, -0.2) is 17.7 Å². The van der Waals surface area contributed by atoms with E-state index < -0.39 is 0 Å². The summed E-state index contributed by atoms with van der Waals surface area (Å²) in [5.41, 5.74) is 12.5. The topological polar surface area (TPSA) is 98.4 Å². The summed E-state index contributed by atoms with van der Waals surface area (Å²) in [7, 11) is 1.61.